The van der Waals surface area contributed by atoms with Crippen molar-refractivity contribution < 1.29 is 24.2 Å². The molecule has 3 aromatic rings. The van der Waals surface area contributed by atoms with Crippen LogP contribution in [-0.2, 0) is 14.9 Å². The highest BCUT2D eigenvalue weighted by molar-refractivity contribution is 6.31. The molecule has 1 unspecified atom stereocenters. The van der Waals surface area contributed by atoms with Crippen molar-refractivity contribution in [3.8, 4) is 16.9 Å². The Morgan fingerprint density at radius 1 is 1.03 bits per heavy atom. The SMILES string of the molecule is COc1ccc(C23CC(C(NC(=O)OCC4c5ccccc5-c5ccccc54)C(=O)O)(C2)C3)c(Cl)c1. The monoisotopic (exact) mass is 503 g/mol. The van der Waals surface area contributed by atoms with E-state index in [1.54, 1.807) is 13.2 Å². The van der Waals surface area contributed by atoms with Crippen LogP contribution in [0.2, 0.25) is 5.02 Å². The van der Waals surface area contributed by atoms with Crippen molar-refractivity contribution >= 4 is 23.7 Å². The van der Waals surface area contributed by atoms with E-state index in [9.17, 15) is 14.7 Å². The molecule has 0 aromatic heterocycles. The van der Waals surface area contributed by atoms with Gasteiger partial charge in [0.2, 0.25) is 0 Å². The Morgan fingerprint density at radius 2 is 1.64 bits per heavy atom. The Morgan fingerprint density at radius 3 is 2.19 bits per heavy atom. The van der Waals surface area contributed by atoms with E-state index in [-0.39, 0.29) is 17.9 Å². The van der Waals surface area contributed by atoms with Gasteiger partial charge in [0, 0.05) is 16.4 Å². The number of carboxylic acid groups (broad SMARTS) is 1. The van der Waals surface area contributed by atoms with Gasteiger partial charge in [-0.3, -0.25) is 0 Å². The summed E-state index contributed by atoms with van der Waals surface area (Å²) in [7, 11) is 1.59. The molecule has 4 aliphatic carbocycles. The molecule has 3 aromatic carbocycles. The Labute approximate surface area is 214 Å². The lowest BCUT2D eigenvalue weighted by Gasteiger charge is -2.72. The highest BCUT2D eigenvalue weighted by Gasteiger charge is 2.73. The minimum Gasteiger partial charge on any atom is -0.497 e. The molecule has 0 saturated heterocycles. The zero-order valence-corrected chi connectivity index (χ0v) is 20.5. The summed E-state index contributed by atoms with van der Waals surface area (Å²) in [6, 6.07) is 20.8. The fraction of sp³-hybridized carbons (Fsp3) is 0.310. The zero-order chi connectivity index (χ0) is 25.1. The Kier molecular flexibility index (Phi) is 5.27. The summed E-state index contributed by atoms with van der Waals surface area (Å²) in [4.78, 5) is 25.0. The van der Waals surface area contributed by atoms with Crippen molar-refractivity contribution in [1.82, 2.24) is 5.32 Å². The average Bonchev–Trinajstić information content (AvgIpc) is 3.15. The van der Waals surface area contributed by atoms with E-state index in [0.717, 1.165) is 27.8 Å². The van der Waals surface area contributed by atoms with Crippen LogP contribution in [0.25, 0.3) is 11.1 Å². The van der Waals surface area contributed by atoms with Gasteiger partial charge in [-0.15, -0.1) is 0 Å². The van der Waals surface area contributed by atoms with E-state index >= 15 is 0 Å². The molecule has 0 aliphatic heterocycles. The van der Waals surface area contributed by atoms with Crippen LogP contribution in [0.3, 0.4) is 0 Å². The number of carboxylic acids is 1. The number of ether oxygens (including phenoxy) is 2. The van der Waals surface area contributed by atoms with Crippen molar-refractivity contribution in [2.24, 2.45) is 5.41 Å². The first kappa shape index (κ1) is 22.9. The first-order valence-corrected chi connectivity index (χ1v) is 12.4. The maximum atomic E-state index is 12.8. The molecule has 0 radical (unpaired) electrons. The van der Waals surface area contributed by atoms with Gasteiger partial charge in [-0.05, 0) is 64.6 Å². The first-order chi connectivity index (χ1) is 17.4. The lowest BCUT2D eigenvalue weighted by molar-refractivity contribution is -0.183. The van der Waals surface area contributed by atoms with Crippen molar-refractivity contribution in [1.29, 1.82) is 0 Å². The number of aliphatic carboxylic acids is 1. The molecule has 0 heterocycles. The van der Waals surface area contributed by atoms with Gasteiger partial charge in [0.25, 0.3) is 0 Å². The molecular formula is C29H26ClNO5. The van der Waals surface area contributed by atoms with Gasteiger partial charge in [-0.1, -0.05) is 66.2 Å². The third-order valence-electron chi connectivity index (χ3n) is 8.28. The van der Waals surface area contributed by atoms with Gasteiger partial charge < -0.3 is 19.9 Å². The van der Waals surface area contributed by atoms with Crippen LogP contribution in [0.5, 0.6) is 5.75 Å². The summed E-state index contributed by atoms with van der Waals surface area (Å²) < 4.78 is 10.8. The lowest BCUT2D eigenvalue weighted by Crippen LogP contribution is -2.73. The topological polar surface area (TPSA) is 84.9 Å². The molecule has 1 atom stereocenters. The van der Waals surface area contributed by atoms with Gasteiger partial charge >= 0.3 is 12.1 Å². The molecular weight excluding hydrogens is 478 g/mol. The molecule has 4 aliphatic rings. The highest BCUT2D eigenvalue weighted by Crippen LogP contribution is 2.75. The number of halogens is 1. The smallest absolute Gasteiger partial charge is 0.407 e. The molecule has 1 amide bonds. The highest BCUT2D eigenvalue weighted by atomic mass is 35.5. The van der Waals surface area contributed by atoms with Crippen LogP contribution < -0.4 is 10.1 Å². The minimum atomic E-state index is -1.04. The van der Waals surface area contributed by atoms with Crippen molar-refractivity contribution in [3.63, 3.8) is 0 Å². The number of benzene rings is 3. The van der Waals surface area contributed by atoms with E-state index in [4.69, 9.17) is 21.1 Å². The molecule has 3 fully saturated rings. The number of alkyl carbamates (subject to hydrolysis) is 1. The van der Waals surface area contributed by atoms with E-state index in [1.807, 2.05) is 48.5 Å². The van der Waals surface area contributed by atoms with E-state index < -0.39 is 23.5 Å². The fourth-order valence-electron chi connectivity index (χ4n) is 6.75. The molecule has 184 valence electrons. The molecule has 36 heavy (non-hydrogen) atoms. The summed E-state index contributed by atoms with van der Waals surface area (Å²) in [5.41, 5.74) is 4.89. The van der Waals surface area contributed by atoms with E-state index in [0.29, 0.717) is 30.0 Å². The number of amides is 1. The predicted octanol–water partition coefficient (Wildman–Crippen LogP) is 5.76. The summed E-state index contributed by atoms with van der Waals surface area (Å²) in [6.07, 6.45) is 1.27. The maximum Gasteiger partial charge on any atom is 0.407 e. The number of hydrogen-bond donors (Lipinski definition) is 2. The third-order valence-corrected chi connectivity index (χ3v) is 8.60. The Hall–Kier alpha value is -3.51. The molecule has 7 heteroatoms. The molecule has 2 N–H and O–H groups in total. The van der Waals surface area contributed by atoms with Gasteiger partial charge in [-0.2, -0.15) is 0 Å². The second-order valence-corrected chi connectivity index (χ2v) is 10.7. The number of rotatable bonds is 7. The number of hydrogen-bond acceptors (Lipinski definition) is 4. The van der Waals surface area contributed by atoms with Crippen molar-refractivity contribution in [2.45, 2.75) is 36.6 Å². The van der Waals surface area contributed by atoms with Gasteiger partial charge in [-0.25, -0.2) is 9.59 Å². The number of fused-ring (bicyclic) bond motifs is 3. The molecule has 3 saturated carbocycles. The fourth-order valence-corrected chi connectivity index (χ4v) is 7.12. The molecule has 7 rings (SSSR count). The molecule has 6 nitrogen and oxygen atoms in total. The van der Waals surface area contributed by atoms with Gasteiger partial charge in [0.15, 0.2) is 0 Å². The quantitative estimate of drug-likeness (QED) is 0.428. The molecule has 2 bridgehead atoms. The van der Waals surface area contributed by atoms with Crippen LogP contribution in [-0.4, -0.2) is 36.9 Å². The minimum absolute atomic E-state index is 0.0816. The lowest BCUT2D eigenvalue weighted by atomic mass is 9.31. The van der Waals surface area contributed by atoms with Crippen LogP contribution in [0.1, 0.15) is 41.9 Å². The Balaban J connectivity index is 1.12. The predicted molar refractivity (Wildman–Crippen MR) is 136 cm³/mol. The van der Waals surface area contributed by atoms with Crippen LogP contribution >= 0.6 is 11.6 Å². The summed E-state index contributed by atoms with van der Waals surface area (Å²) >= 11 is 6.49. The number of carbonyl (C=O) groups excluding carboxylic acids is 1. The Bertz CT molecular complexity index is 1320. The molecule has 0 spiro atoms. The first-order valence-electron chi connectivity index (χ1n) is 12.0. The maximum absolute atomic E-state index is 12.8. The summed E-state index contributed by atoms with van der Waals surface area (Å²) in [5.74, 6) is -0.440. The number of methoxy groups -OCH3 is 1. The standard InChI is InChI=1S/C29H26ClNO5/c1-35-17-10-11-23(24(30)12-17)28-14-29(15-28,16-28)25(26(32)33)31-27(34)36-13-22-20-8-4-2-6-18(20)19-7-3-5-9-21(19)22/h2-12,22,25H,13-16H2,1H3,(H,31,34)(H,32,33). The van der Waals surface area contributed by atoms with E-state index in [1.165, 1.54) is 0 Å². The second kappa shape index (κ2) is 8.27. The van der Waals surface area contributed by atoms with Crippen LogP contribution in [0.15, 0.2) is 66.7 Å². The number of nitrogens with one attached hydrogen (secondary N) is 1. The normalized spacial score (nSPS) is 23.9. The van der Waals surface area contributed by atoms with Crippen LogP contribution in [0, 0.1) is 5.41 Å². The second-order valence-electron chi connectivity index (χ2n) is 10.3. The van der Waals surface area contributed by atoms with Crippen LogP contribution in [0.4, 0.5) is 4.79 Å². The summed E-state index contributed by atoms with van der Waals surface area (Å²) in [5, 5.41) is 13.2. The third kappa shape index (κ3) is 3.39. The van der Waals surface area contributed by atoms with E-state index in [2.05, 4.69) is 17.4 Å². The largest absolute Gasteiger partial charge is 0.497 e. The average molecular weight is 504 g/mol. The zero-order valence-electron chi connectivity index (χ0n) is 19.8. The van der Waals surface area contributed by atoms with Gasteiger partial charge in [0.1, 0.15) is 18.4 Å². The van der Waals surface area contributed by atoms with Crippen molar-refractivity contribution in [2.75, 3.05) is 13.7 Å². The van der Waals surface area contributed by atoms with Gasteiger partial charge in [0.05, 0.1) is 7.11 Å². The number of carbonyl (C=O) groups is 2. The van der Waals surface area contributed by atoms with Crippen molar-refractivity contribution in [3.05, 3.63) is 88.4 Å². The summed E-state index contributed by atoms with van der Waals surface area (Å²) in [6.45, 7) is 0.143.